The van der Waals surface area contributed by atoms with Gasteiger partial charge in [-0.1, -0.05) is 52.4 Å². The van der Waals surface area contributed by atoms with Crippen molar-refractivity contribution in [3.05, 3.63) is 0 Å². The molecule has 1 heterocycles. The molecule has 2 heteroatoms. The van der Waals surface area contributed by atoms with Crippen LogP contribution in [0.1, 0.15) is 78.1 Å². The van der Waals surface area contributed by atoms with Crippen LogP contribution in [0.5, 0.6) is 0 Å². The van der Waals surface area contributed by atoms with E-state index in [1.165, 1.54) is 77.3 Å². The predicted octanol–water partition coefficient (Wildman–Crippen LogP) is 4.53. The van der Waals surface area contributed by atoms with Crippen molar-refractivity contribution < 1.29 is 4.74 Å². The van der Waals surface area contributed by atoms with Gasteiger partial charge in [-0.2, -0.15) is 0 Å². The summed E-state index contributed by atoms with van der Waals surface area (Å²) in [5, 5.41) is 3.43. The Morgan fingerprint density at radius 3 is 2.05 bits per heavy atom. The minimum Gasteiger partial charge on any atom is -0.378 e. The number of piperidine rings is 1. The van der Waals surface area contributed by atoms with E-state index in [0.717, 1.165) is 12.5 Å². The Hall–Kier alpha value is -0.0800. The minimum atomic E-state index is 0.535. The van der Waals surface area contributed by atoms with Crippen LogP contribution in [-0.4, -0.2) is 25.8 Å². The van der Waals surface area contributed by atoms with E-state index in [1.54, 1.807) is 0 Å². The van der Waals surface area contributed by atoms with Crippen LogP contribution in [0.2, 0.25) is 0 Å². The molecule has 0 bridgehead atoms. The van der Waals surface area contributed by atoms with Gasteiger partial charge in [-0.05, 0) is 44.7 Å². The molecule has 114 valence electrons. The number of hydrogen-bond acceptors (Lipinski definition) is 2. The Morgan fingerprint density at radius 2 is 1.53 bits per heavy atom. The highest BCUT2D eigenvalue weighted by Gasteiger charge is 2.16. The van der Waals surface area contributed by atoms with E-state index >= 15 is 0 Å². The number of nitrogens with one attached hydrogen (secondary N) is 1. The van der Waals surface area contributed by atoms with Crippen LogP contribution in [0.3, 0.4) is 0 Å². The van der Waals surface area contributed by atoms with E-state index in [1.807, 2.05) is 0 Å². The Balaban J connectivity index is 2.17. The molecular weight excluding hydrogens is 234 g/mol. The first-order valence-corrected chi connectivity index (χ1v) is 8.69. The normalized spacial score (nSPS) is 17.2. The van der Waals surface area contributed by atoms with Crippen LogP contribution in [0, 0.1) is 5.92 Å². The third kappa shape index (κ3) is 8.65. The second-order valence-electron chi connectivity index (χ2n) is 6.14. The molecule has 1 N–H and O–H groups in total. The van der Waals surface area contributed by atoms with Crippen LogP contribution in [0.4, 0.5) is 0 Å². The first-order valence-electron chi connectivity index (χ1n) is 8.69. The Bertz CT molecular complexity index is 180. The highest BCUT2D eigenvalue weighted by atomic mass is 16.5. The molecule has 0 unspecified atom stereocenters. The summed E-state index contributed by atoms with van der Waals surface area (Å²) in [6.07, 6.45) is 13.7. The van der Waals surface area contributed by atoms with E-state index in [9.17, 15) is 0 Å². The van der Waals surface area contributed by atoms with Crippen molar-refractivity contribution in [2.24, 2.45) is 5.92 Å². The molecule has 0 aromatic rings. The summed E-state index contributed by atoms with van der Waals surface area (Å²) in [6.45, 7) is 7.93. The first kappa shape index (κ1) is 17.0. The van der Waals surface area contributed by atoms with Crippen LogP contribution in [-0.2, 0) is 4.74 Å². The third-order valence-electron chi connectivity index (χ3n) is 4.29. The third-order valence-corrected chi connectivity index (χ3v) is 4.29. The number of hydrogen-bond donors (Lipinski definition) is 1. The first-order chi connectivity index (χ1) is 9.36. The lowest BCUT2D eigenvalue weighted by Gasteiger charge is -2.25. The van der Waals surface area contributed by atoms with E-state index in [0.29, 0.717) is 6.10 Å². The van der Waals surface area contributed by atoms with Gasteiger partial charge in [-0.3, -0.25) is 0 Å². The number of unbranched alkanes of at least 4 members (excludes halogenated alkanes) is 4. The molecule has 0 aromatic carbocycles. The highest BCUT2D eigenvalue weighted by molar-refractivity contribution is 4.69. The predicted molar refractivity (Wildman–Crippen MR) is 83.6 cm³/mol. The number of rotatable bonds is 11. The van der Waals surface area contributed by atoms with Crippen molar-refractivity contribution in [1.29, 1.82) is 0 Å². The molecular formula is C17H35NO. The molecule has 0 amide bonds. The van der Waals surface area contributed by atoms with Crippen molar-refractivity contribution in [3.63, 3.8) is 0 Å². The van der Waals surface area contributed by atoms with Gasteiger partial charge in [0.25, 0.3) is 0 Å². The Labute approximate surface area is 120 Å². The smallest absolute Gasteiger partial charge is 0.0575 e. The average Bonchev–Trinajstić information content (AvgIpc) is 2.45. The topological polar surface area (TPSA) is 21.3 Å². The van der Waals surface area contributed by atoms with Gasteiger partial charge in [0.05, 0.1) is 6.10 Å². The summed E-state index contributed by atoms with van der Waals surface area (Å²) in [4.78, 5) is 0. The second-order valence-corrected chi connectivity index (χ2v) is 6.14. The molecule has 1 aliphatic heterocycles. The summed E-state index contributed by atoms with van der Waals surface area (Å²) in [7, 11) is 0. The van der Waals surface area contributed by atoms with E-state index in [2.05, 4.69) is 19.2 Å². The van der Waals surface area contributed by atoms with E-state index in [4.69, 9.17) is 4.74 Å². The molecule has 19 heavy (non-hydrogen) atoms. The molecule has 2 nitrogen and oxygen atoms in total. The lowest BCUT2D eigenvalue weighted by atomic mass is 9.99. The molecule has 0 atom stereocenters. The van der Waals surface area contributed by atoms with Gasteiger partial charge in [0, 0.05) is 6.61 Å². The molecule has 0 radical (unpaired) electrons. The zero-order valence-corrected chi connectivity index (χ0v) is 13.3. The zero-order chi connectivity index (χ0) is 13.8. The molecule has 1 aliphatic rings. The molecule has 1 saturated heterocycles. The van der Waals surface area contributed by atoms with Crippen LogP contribution in [0.25, 0.3) is 0 Å². The Kier molecular flexibility index (Phi) is 10.5. The molecule has 0 spiro atoms. The lowest BCUT2D eigenvalue weighted by molar-refractivity contribution is 0.0104. The SMILES string of the molecule is CCCCCC(CCCCC)OCC1CCNCC1. The van der Waals surface area contributed by atoms with Crippen molar-refractivity contribution >= 4 is 0 Å². The van der Waals surface area contributed by atoms with Crippen molar-refractivity contribution in [2.75, 3.05) is 19.7 Å². The highest BCUT2D eigenvalue weighted by Crippen LogP contribution is 2.18. The van der Waals surface area contributed by atoms with Crippen molar-refractivity contribution in [1.82, 2.24) is 5.32 Å². The molecule has 0 saturated carbocycles. The summed E-state index contributed by atoms with van der Waals surface area (Å²) < 4.78 is 6.25. The van der Waals surface area contributed by atoms with Crippen molar-refractivity contribution in [3.8, 4) is 0 Å². The van der Waals surface area contributed by atoms with Gasteiger partial charge >= 0.3 is 0 Å². The maximum Gasteiger partial charge on any atom is 0.0575 e. The van der Waals surface area contributed by atoms with E-state index in [-0.39, 0.29) is 0 Å². The van der Waals surface area contributed by atoms with Gasteiger partial charge in [-0.15, -0.1) is 0 Å². The van der Waals surface area contributed by atoms with Gasteiger partial charge in [-0.25, -0.2) is 0 Å². The summed E-state index contributed by atoms with van der Waals surface area (Å²) in [5.41, 5.74) is 0. The van der Waals surface area contributed by atoms with Crippen LogP contribution in [0.15, 0.2) is 0 Å². The molecule has 0 aliphatic carbocycles. The fourth-order valence-electron chi connectivity index (χ4n) is 2.88. The fourth-order valence-corrected chi connectivity index (χ4v) is 2.88. The summed E-state index contributed by atoms with van der Waals surface area (Å²) in [6, 6.07) is 0. The van der Waals surface area contributed by atoms with E-state index < -0.39 is 0 Å². The van der Waals surface area contributed by atoms with Crippen LogP contribution < -0.4 is 5.32 Å². The average molecular weight is 269 g/mol. The standard InChI is InChI=1S/C17H35NO/c1-3-5-7-9-17(10-8-6-4-2)19-15-16-11-13-18-14-12-16/h16-18H,3-15H2,1-2H3. The monoisotopic (exact) mass is 269 g/mol. The maximum atomic E-state index is 6.25. The minimum absolute atomic E-state index is 0.535. The van der Waals surface area contributed by atoms with Gasteiger partial charge in [0.15, 0.2) is 0 Å². The summed E-state index contributed by atoms with van der Waals surface area (Å²) >= 11 is 0. The zero-order valence-electron chi connectivity index (χ0n) is 13.3. The fraction of sp³-hybridized carbons (Fsp3) is 1.00. The molecule has 1 rings (SSSR count). The van der Waals surface area contributed by atoms with Crippen molar-refractivity contribution in [2.45, 2.75) is 84.2 Å². The quantitative estimate of drug-likeness (QED) is 0.556. The second kappa shape index (κ2) is 11.7. The largest absolute Gasteiger partial charge is 0.378 e. The van der Waals surface area contributed by atoms with Gasteiger partial charge in [0.1, 0.15) is 0 Å². The van der Waals surface area contributed by atoms with Crippen LogP contribution >= 0.6 is 0 Å². The molecule has 1 fully saturated rings. The van der Waals surface area contributed by atoms with Gasteiger partial charge < -0.3 is 10.1 Å². The van der Waals surface area contributed by atoms with Gasteiger partial charge in [0.2, 0.25) is 0 Å². The summed E-state index contributed by atoms with van der Waals surface area (Å²) in [5.74, 6) is 0.807. The maximum absolute atomic E-state index is 6.25. The molecule has 0 aromatic heterocycles. The Morgan fingerprint density at radius 1 is 0.947 bits per heavy atom. The number of ether oxygens (including phenoxy) is 1. The lowest BCUT2D eigenvalue weighted by Crippen LogP contribution is -2.31.